The molecule has 0 amide bonds. The van der Waals surface area contributed by atoms with Crippen LogP contribution in [0.2, 0.25) is 0 Å². The lowest BCUT2D eigenvalue weighted by atomic mass is 10.1. The minimum absolute atomic E-state index is 0.376. The number of pyridine rings is 1. The van der Waals surface area contributed by atoms with Crippen molar-refractivity contribution in [1.29, 1.82) is 0 Å². The molecule has 0 bridgehead atoms. The number of para-hydroxylation sites is 1. The van der Waals surface area contributed by atoms with Gasteiger partial charge >= 0.3 is 0 Å². The summed E-state index contributed by atoms with van der Waals surface area (Å²) < 4.78 is 0. The van der Waals surface area contributed by atoms with E-state index in [1.165, 1.54) is 5.39 Å². The van der Waals surface area contributed by atoms with Gasteiger partial charge in [-0.3, -0.25) is 0 Å². The zero-order chi connectivity index (χ0) is 16.4. The van der Waals surface area contributed by atoms with Crippen LogP contribution in [0, 0.1) is 6.92 Å². The van der Waals surface area contributed by atoms with E-state index in [9.17, 15) is 0 Å². The van der Waals surface area contributed by atoms with E-state index < -0.39 is 0 Å². The van der Waals surface area contributed by atoms with Crippen LogP contribution in [-0.4, -0.2) is 34.1 Å². The van der Waals surface area contributed by atoms with Gasteiger partial charge in [0, 0.05) is 36.3 Å². The van der Waals surface area contributed by atoms with Crippen LogP contribution < -0.4 is 10.2 Å². The van der Waals surface area contributed by atoms with E-state index in [1.54, 1.807) is 6.33 Å². The molecule has 1 fully saturated rings. The first-order valence-corrected chi connectivity index (χ1v) is 8.44. The van der Waals surface area contributed by atoms with Gasteiger partial charge < -0.3 is 10.2 Å². The lowest BCUT2D eigenvalue weighted by Crippen LogP contribution is -2.42. The highest BCUT2D eigenvalue weighted by molar-refractivity contribution is 5.80. The molecule has 3 heterocycles. The Labute approximate surface area is 141 Å². The summed E-state index contributed by atoms with van der Waals surface area (Å²) in [5.41, 5.74) is 2.04. The summed E-state index contributed by atoms with van der Waals surface area (Å²) in [5, 5.41) is 4.72. The fraction of sp³-hybridized carbons (Fsp3) is 0.316. The Hall–Kier alpha value is -2.69. The summed E-state index contributed by atoms with van der Waals surface area (Å²) in [6.07, 6.45) is 3.91. The molecule has 1 aliphatic heterocycles. The summed E-state index contributed by atoms with van der Waals surface area (Å²) in [6, 6.07) is 14.9. The molecular formula is C19H21N5. The molecule has 0 aliphatic carbocycles. The first-order valence-electron chi connectivity index (χ1n) is 8.44. The number of hydrogen-bond acceptors (Lipinski definition) is 5. The normalized spacial score (nSPS) is 17.9. The topological polar surface area (TPSA) is 53.9 Å². The smallest absolute Gasteiger partial charge is 0.129 e. The molecule has 24 heavy (non-hydrogen) atoms. The van der Waals surface area contributed by atoms with Gasteiger partial charge in [0.25, 0.3) is 0 Å². The van der Waals surface area contributed by atoms with Gasteiger partial charge in [0.15, 0.2) is 0 Å². The van der Waals surface area contributed by atoms with E-state index in [-0.39, 0.29) is 0 Å². The number of piperidine rings is 1. The lowest BCUT2D eigenvalue weighted by Gasteiger charge is -2.34. The second-order valence-corrected chi connectivity index (χ2v) is 6.34. The quantitative estimate of drug-likeness (QED) is 0.802. The highest BCUT2D eigenvalue weighted by Gasteiger charge is 2.21. The second-order valence-electron chi connectivity index (χ2n) is 6.34. The van der Waals surface area contributed by atoms with Crippen molar-refractivity contribution in [2.45, 2.75) is 25.8 Å². The number of hydrogen-bond donors (Lipinski definition) is 1. The molecule has 2 aromatic heterocycles. The van der Waals surface area contributed by atoms with Gasteiger partial charge in [-0.1, -0.05) is 18.2 Å². The zero-order valence-electron chi connectivity index (χ0n) is 13.8. The van der Waals surface area contributed by atoms with E-state index in [0.29, 0.717) is 6.04 Å². The van der Waals surface area contributed by atoms with Crippen LogP contribution in [0.1, 0.15) is 18.5 Å². The largest absolute Gasteiger partial charge is 0.365 e. The van der Waals surface area contributed by atoms with E-state index in [4.69, 9.17) is 4.98 Å². The highest BCUT2D eigenvalue weighted by atomic mass is 15.2. The van der Waals surface area contributed by atoms with E-state index in [1.807, 2.05) is 25.1 Å². The number of anilines is 2. The average Bonchev–Trinajstić information content (AvgIpc) is 2.61. The van der Waals surface area contributed by atoms with Crippen molar-refractivity contribution >= 4 is 22.5 Å². The summed E-state index contributed by atoms with van der Waals surface area (Å²) in [4.78, 5) is 15.7. The summed E-state index contributed by atoms with van der Waals surface area (Å²) in [7, 11) is 0. The SMILES string of the molecule is Cc1cc(NC2CCCN(c3ccc4ccccc4n3)C2)ncn1. The molecule has 1 aromatic carbocycles. The van der Waals surface area contributed by atoms with E-state index >= 15 is 0 Å². The number of nitrogens with zero attached hydrogens (tertiary/aromatic N) is 4. The van der Waals surface area contributed by atoms with E-state index in [2.05, 4.69) is 44.5 Å². The number of aromatic nitrogens is 3. The zero-order valence-corrected chi connectivity index (χ0v) is 13.8. The molecule has 1 atom stereocenters. The Morgan fingerprint density at radius 1 is 1.12 bits per heavy atom. The Balaban J connectivity index is 1.51. The van der Waals surface area contributed by atoms with Crippen molar-refractivity contribution in [3.8, 4) is 0 Å². The minimum atomic E-state index is 0.376. The van der Waals surface area contributed by atoms with Crippen molar-refractivity contribution in [3.63, 3.8) is 0 Å². The van der Waals surface area contributed by atoms with Crippen molar-refractivity contribution in [2.75, 3.05) is 23.3 Å². The van der Waals surface area contributed by atoms with Crippen LogP contribution in [0.5, 0.6) is 0 Å². The Kier molecular flexibility index (Phi) is 3.99. The first-order chi connectivity index (χ1) is 11.8. The molecule has 1 saturated heterocycles. The van der Waals surface area contributed by atoms with Gasteiger partial charge in [-0.2, -0.15) is 0 Å². The van der Waals surface area contributed by atoms with Crippen molar-refractivity contribution < 1.29 is 0 Å². The van der Waals surface area contributed by atoms with Gasteiger partial charge in [0.1, 0.15) is 18.0 Å². The fourth-order valence-electron chi connectivity index (χ4n) is 3.28. The maximum absolute atomic E-state index is 4.83. The van der Waals surface area contributed by atoms with Crippen LogP contribution in [0.15, 0.2) is 48.8 Å². The van der Waals surface area contributed by atoms with Crippen molar-refractivity contribution in [2.24, 2.45) is 0 Å². The molecule has 5 nitrogen and oxygen atoms in total. The summed E-state index contributed by atoms with van der Waals surface area (Å²) >= 11 is 0. The third kappa shape index (κ3) is 3.15. The molecule has 5 heteroatoms. The molecule has 4 rings (SSSR count). The predicted octanol–water partition coefficient (Wildman–Crippen LogP) is 3.41. The van der Waals surface area contributed by atoms with Gasteiger partial charge in [0.05, 0.1) is 5.52 Å². The maximum atomic E-state index is 4.83. The van der Waals surface area contributed by atoms with Crippen LogP contribution in [-0.2, 0) is 0 Å². The molecule has 1 aliphatic rings. The van der Waals surface area contributed by atoms with Crippen LogP contribution in [0.3, 0.4) is 0 Å². The fourth-order valence-corrected chi connectivity index (χ4v) is 3.28. The average molecular weight is 319 g/mol. The van der Waals surface area contributed by atoms with E-state index in [0.717, 1.165) is 48.8 Å². The van der Waals surface area contributed by atoms with Gasteiger partial charge in [-0.25, -0.2) is 15.0 Å². The molecule has 1 unspecified atom stereocenters. The lowest BCUT2D eigenvalue weighted by molar-refractivity contribution is 0.526. The van der Waals surface area contributed by atoms with Crippen LogP contribution >= 0.6 is 0 Å². The number of aryl methyl sites for hydroxylation is 1. The minimum Gasteiger partial charge on any atom is -0.365 e. The van der Waals surface area contributed by atoms with Crippen molar-refractivity contribution in [1.82, 2.24) is 15.0 Å². The Morgan fingerprint density at radius 3 is 2.96 bits per heavy atom. The van der Waals surface area contributed by atoms with Crippen molar-refractivity contribution in [3.05, 3.63) is 54.5 Å². The van der Waals surface area contributed by atoms with Crippen LogP contribution in [0.25, 0.3) is 10.9 Å². The van der Waals surface area contributed by atoms with Crippen LogP contribution in [0.4, 0.5) is 11.6 Å². The second kappa shape index (κ2) is 6.43. The first kappa shape index (κ1) is 14.9. The maximum Gasteiger partial charge on any atom is 0.129 e. The van der Waals surface area contributed by atoms with Gasteiger partial charge in [-0.05, 0) is 38.0 Å². The molecule has 0 spiro atoms. The number of rotatable bonds is 3. The highest BCUT2D eigenvalue weighted by Crippen LogP contribution is 2.22. The van der Waals surface area contributed by atoms with Gasteiger partial charge in [0.2, 0.25) is 0 Å². The molecule has 0 radical (unpaired) electrons. The molecule has 3 aromatic rings. The molecule has 1 N–H and O–H groups in total. The third-order valence-electron chi connectivity index (χ3n) is 4.48. The molecule has 122 valence electrons. The summed E-state index contributed by atoms with van der Waals surface area (Å²) in [5.74, 6) is 1.96. The Bertz CT molecular complexity index is 848. The molecule has 0 saturated carbocycles. The number of fused-ring (bicyclic) bond motifs is 1. The van der Waals surface area contributed by atoms with Gasteiger partial charge in [-0.15, -0.1) is 0 Å². The number of nitrogens with one attached hydrogen (secondary N) is 1. The molecular weight excluding hydrogens is 298 g/mol. The standard InChI is InChI=1S/C19H21N5/c1-14-11-18(21-13-20-14)22-16-6-4-10-24(12-16)19-9-8-15-5-2-3-7-17(15)23-19/h2-3,5,7-9,11,13,16H,4,6,10,12H2,1H3,(H,20,21,22). The monoisotopic (exact) mass is 319 g/mol. The Morgan fingerprint density at radius 2 is 2.04 bits per heavy atom. The predicted molar refractivity (Wildman–Crippen MR) is 97.4 cm³/mol. The summed E-state index contributed by atoms with van der Waals surface area (Å²) in [6.45, 7) is 3.97. The number of benzene rings is 1. The third-order valence-corrected chi connectivity index (χ3v) is 4.48.